The summed E-state index contributed by atoms with van der Waals surface area (Å²) in [6.45, 7) is 6.01. The molecule has 26 heavy (non-hydrogen) atoms. The van der Waals surface area contributed by atoms with Gasteiger partial charge in [0.25, 0.3) is 5.91 Å². The largest absolute Gasteiger partial charge is 0.366 e. The van der Waals surface area contributed by atoms with E-state index in [1.165, 1.54) is 0 Å². The van der Waals surface area contributed by atoms with Crippen LogP contribution in [0.4, 0.5) is 0 Å². The predicted molar refractivity (Wildman–Crippen MR) is 111 cm³/mol. The Labute approximate surface area is 171 Å². The first-order chi connectivity index (χ1) is 11.6. The molecule has 0 bridgehead atoms. The highest BCUT2D eigenvalue weighted by Gasteiger charge is 2.29. The van der Waals surface area contributed by atoms with Crippen molar-refractivity contribution in [2.24, 2.45) is 0 Å². The van der Waals surface area contributed by atoms with Gasteiger partial charge < -0.3 is 15.0 Å². The molecule has 1 N–H and O–H groups in total. The Morgan fingerprint density at radius 3 is 2.65 bits per heavy atom. The van der Waals surface area contributed by atoms with Crippen molar-refractivity contribution in [2.45, 2.75) is 26.0 Å². The van der Waals surface area contributed by atoms with Crippen LogP contribution >= 0.6 is 36.2 Å². The number of thiazole rings is 1. The quantitative estimate of drug-likeness (QED) is 0.826. The molecule has 1 amide bonds. The molecule has 1 saturated heterocycles. The van der Waals surface area contributed by atoms with Crippen LogP contribution in [0.1, 0.15) is 23.5 Å². The first-order valence-electron chi connectivity index (χ1n) is 8.19. The highest BCUT2D eigenvalue weighted by Crippen LogP contribution is 2.34. The smallest absolute Gasteiger partial charge is 0.253 e. The molecule has 2 atom stereocenters. The van der Waals surface area contributed by atoms with Gasteiger partial charge >= 0.3 is 0 Å². The number of aromatic nitrogens is 1. The molecule has 0 saturated carbocycles. The molecular formula is C18H25Cl2N3O2S. The molecule has 2 unspecified atom stereocenters. The van der Waals surface area contributed by atoms with Gasteiger partial charge in [-0.2, -0.15) is 0 Å². The van der Waals surface area contributed by atoms with Gasteiger partial charge in [0.15, 0.2) is 0 Å². The Morgan fingerprint density at radius 1 is 1.35 bits per heavy atom. The highest BCUT2D eigenvalue weighted by atomic mass is 35.5. The summed E-state index contributed by atoms with van der Waals surface area (Å²) in [5.74, 6) is 0.0174. The van der Waals surface area contributed by atoms with Crippen LogP contribution in [0.2, 0.25) is 0 Å². The molecular weight excluding hydrogens is 393 g/mol. The van der Waals surface area contributed by atoms with E-state index in [-0.39, 0.29) is 36.8 Å². The van der Waals surface area contributed by atoms with Gasteiger partial charge in [-0.05, 0) is 13.8 Å². The number of likely N-dealkylation sites (N-methyl/N-ethyl adjacent to an activating group) is 1. The standard InChI is InChI=1S/C18H23N3O2S.2ClH/c1-12-16(24-17(20-12)14-7-5-4-6-8-14)13(2)21(3)18(22)15-11-19-9-10-23-15;;/h4-8,13,15,19H,9-11H2,1-3H3;2*1H. The molecule has 1 aliphatic heterocycles. The molecule has 2 heterocycles. The minimum Gasteiger partial charge on any atom is -0.366 e. The summed E-state index contributed by atoms with van der Waals surface area (Å²) in [6, 6.07) is 10.1. The van der Waals surface area contributed by atoms with Crippen LogP contribution in [0.5, 0.6) is 0 Å². The minimum absolute atomic E-state index is 0. The van der Waals surface area contributed by atoms with Crippen molar-refractivity contribution in [1.82, 2.24) is 15.2 Å². The lowest BCUT2D eigenvalue weighted by Gasteiger charge is -2.30. The van der Waals surface area contributed by atoms with E-state index in [9.17, 15) is 4.79 Å². The SMILES string of the molecule is Cc1nc(-c2ccccc2)sc1C(C)N(C)C(=O)C1CNCCO1.Cl.Cl. The summed E-state index contributed by atoms with van der Waals surface area (Å²) < 4.78 is 5.59. The molecule has 1 fully saturated rings. The number of hydrogen-bond acceptors (Lipinski definition) is 5. The van der Waals surface area contributed by atoms with E-state index in [4.69, 9.17) is 9.72 Å². The summed E-state index contributed by atoms with van der Waals surface area (Å²) >= 11 is 1.65. The van der Waals surface area contributed by atoms with Crippen molar-refractivity contribution in [3.63, 3.8) is 0 Å². The number of nitrogens with one attached hydrogen (secondary N) is 1. The van der Waals surface area contributed by atoms with Gasteiger partial charge in [-0.3, -0.25) is 4.79 Å². The third kappa shape index (κ3) is 4.96. The number of nitrogens with zero attached hydrogens (tertiary/aromatic N) is 2. The molecule has 3 rings (SSSR count). The van der Waals surface area contributed by atoms with E-state index in [1.807, 2.05) is 39.1 Å². The van der Waals surface area contributed by atoms with Crippen LogP contribution in [0.15, 0.2) is 30.3 Å². The van der Waals surface area contributed by atoms with Crippen LogP contribution < -0.4 is 5.32 Å². The van der Waals surface area contributed by atoms with E-state index >= 15 is 0 Å². The Morgan fingerprint density at radius 2 is 2.04 bits per heavy atom. The maximum Gasteiger partial charge on any atom is 0.253 e. The van der Waals surface area contributed by atoms with E-state index < -0.39 is 6.10 Å². The molecule has 5 nitrogen and oxygen atoms in total. The van der Waals surface area contributed by atoms with Gasteiger partial charge in [0.1, 0.15) is 11.1 Å². The number of morpholine rings is 1. The molecule has 2 aromatic rings. The topological polar surface area (TPSA) is 54.5 Å². The second-order valence-electron chi connectivity index (χ2n) is 6.02. The summed E-state index contributed by atoms with van der Waals surface area (Å²) in [5.41, 5.74) is 2.09. The first-order valence-corrected chi connectivity index (χ1v) is 9.01. The zero-order chi connectivity index (χ0) is 17.1. The van der Waals surface area contributed by atoms with Gasteiger partial charge in [0.2, 0.25) is 0 Å². The fraction of sp³-hybridized carbons (Fsp3) is 0.444. The molecule has 144 valence electrons. The molecule has 8 heteroatoms. The van der Waals surface area contributed by atoms with Gasteiger partial charge in [0, 0.05) is 25.7 Å². The number of amides is 1. The van der Waals surface area contributed by atoms with E-state index in [0.717, 1.165) is 27.7 Å². The summed E-state index contributed by atoms with van der Waals surface area (Å²) in [5, 5.41) is 4.20. The second kappa shape index (κ2) is 10.2. The normalized spacial score (nSPS) is 17.6. The maximum atomic E-state index is 12.6. The average Bonchev–Trinajstić information content (AvgIpc) is 3.03. The lowest BCUT2D eigenvalue weighted by atomic mass is 10.2. The molecule has 1 aromatic carbocycles. The van der Waals surface area contributed by atoms with Crippen molar-refractivity contribution < 1.29 is 9.53 Å². The van der Waals surface area contributed by atoms with Crippen LogP contribution in [0.25, 0.3) is 10.6 Å². The maximum absolute atomic E-state index is 12.6. The van der Waals surface area contributed by atoms with E-state index in [1.54, 1.807) is 16.2 Å². The zero-order valence-electron chi connectivity index (χ0n) is 15.1. The van der Waals surface area contributed by atoms with Crippen molar-refractivity contribution in [1.29, 1.82) is 0 Å². The van der Waals surface area contributed by atoms with Gasteiger partial charge in [-0.15, -0.1) is 36.2 Å². The summed E-state index contributed by atoms with van der Waals surface area (Å²) in [7, 11) is 1.84. The number of rotatable bonds is 4. The van der Waals surface area contributed by atoms with Gasteiger partial charge in [-0.1, -0.05) is 30.3 Å². The molecule has 1 aliphatic rings. The number of benzene rings is 1. The average molecular weight is 418 g/mol. The Hall–Kier alpha value is -1.18. The Kier molecular flexibility index (Phi) is 9.00. The summed E-state index contributed by atoms with van der Waals surface area (Å²) in [4.78, 5) is 20.2. The number of halogens is 2. The number of hydrogen-bond donors (Lipinski definition) is 1. The molecule has 1 aromatic heterocycles. The Balaban J connectivity index is 0.00000169. The number of ether oxygens (including phenoxy) is 1. The number of aryl methyl sites for hydroxylation is 1. The van der Waals surface area contributed by atoms with Gasteiger partial charge in [-0.25, -0.2) is 4.98 Å². The van der Waals surface area contributed by atoms with Crippen molar-refractivity contribution in [3.05, 3.63) is 40.9 Å². The van der Waals surface area contributed by atoms with Crippen molar-refractivity contribution in [2.75, 3.05) is 26.7 Å². The fourth-order valence-electron chi connectivity index (χ4n) is 2.82. The second-order valence-corrected chi connectivity index (χ2v) is 7.05. The lowest BCUT2D eigenvalue weighted by molar-refractivity contribution is -0.145. The predicted octanol–water partition coefficient (Wildman–Crippen LogP) is 3.47. The van der Waals surface area contributed by atoms with E-state index in [2.05, 4.69) is 17.4 Å². The van der Waals surface area contributed by atoms with Crippen LogP contribution in [0, 0.1) is 6.92 Å². The highest BCUT2D eigenvalue weighted by molar-refractivity contribution is 7.15. The molecule has 0 spiro atoms. The zero-order valence-corrected chi connectivity index (χ0v) is 17.5. The van der Waals surface area contributed by atoms with Crippen LogP contribution in [-0.4, -0.2) is 48.6 Å². The number of carbonyl (C=O) groups is 1. The minimum atomic E-state index is -0.395. The van der Waals surface area contributed by atoms with Crippen LogP contribution in [0.3, 0.4) is 0 Å². The van der Waals surface area contributed by atoms with Crippen molar-refractivity contribution in [3.8, 4) is 10.6 Å². The first kappa shape index (κ1) is 22.9. The monoisotopic (exact) mass is 417 g/mol. The fourth-order valence-corrected chi connectivity index (χ4v) is 3.98. The lowest BCUT2D eigenvalue weighted by Crippen LogP contribution is -2.48. The van der Waals surface area contributed by atoms with Gasteiger partial charge in [0.05, 0.1) is 23.2 Å². The number of carbonyl (C=O) groups excluding carboxylic acids is 1. The van der Waals surface area contributed by atoms with Crippen molar-refractivity contribution >= 4 is 42.1 Å². The van der Waals surface area contributed by atoms with Crippen LogP contribution in [-0.2, 0) is 9.53 Å². The Bertz CT molecular complexity index is 706. The summed E-state index contributed by atoms with van der Waals surface area (Å²) in [6.07, 6.45) is -0.395. The third-order valence-corrected chi connectivity index (χ3v) is 5.74. The van der Waals surface area contributed by atoms with E-state index in [0.29, 0.717) is 13.2 Å². The molecule has 0 aliphatic carbocycles. The molecule has 0 radical (unpaired) electrons. The third-order valence-electron chi connectivity index (χ3n) is 4.36.